The maximum Gasteiger partial charge on any atom is 0.234 e. The molecule has 0 spiro atoms. The van der Waals surface area contributed by atoms with E-state index in [9.17, 15) is 4.79 Å². The van der Waals surface area contributed by atoms with Crippen LogP contribution >= 0.6 is 0 Å². The summed E-state index contributed by atoms with van der Waals surface area (Å²) in [4.78, 5) is 14.0. The zero-order valence-electron chi connectivity index (χ0n) is 12.3. The first-order chi connectivity index (χ1) is 8.52. The molecule has 106 valence electrons. The molecule has 4 nitrogen and oxygen atoms in total. The van der Waals surface area contributed by atoms with Crippen molar-refractivity contribution in [2.45, 2.75) is 52.6 Å². The summed E-state index contributed by atoms with van der Waals surface area (Å²) in [6, 6.07) is 0.782. The van der Waals surface area contributed by atoms with E-state index in [0.717, 1.165) is 19.6 Å². The van der Waals surface area contributed by atoms with Crippen LogP contribution in [0, 0.1) is 5.92 Å². The topological polar surface area (TPSA) is 44.4 Å². The number of amides is 1. The average Bonchev–Trinajstić information content (AvgIpc) is 2.28. The number of hydrogen-bond donors (Lipinski definition) is 2. The van der Waals surface area contributed by atoms with Gasteiger partial charge >= 0.3 is 0 Å². The molecule has 1 saturated heterocycles. The summed E-state index contributed by atoms with van der Waals surface area (Å²) in [6.45, 7) is 12.1. The SMILES string of the molecule is CCNC(C)C1CCCN(CC(=O)NC(C)C)C1. The van der Waals surface area contributed by atoms with E-state index in [2.05, 4.69) is 29.4 Å². The van der Waals surface area contributed by atoms with Crippen molar-refractivity contribution in [1.82, 2.24) is 15.5 Å². The molecule has 2 N–H and O–H groups in total. The highest BCUT2D eigenvalue weighted by molar-refractivity contribution is 5.78. The molecule has 0 aromatic heterocycles. The first-order valence-electron chi connectivity index (χ1n) is 7.28. The summed E-state index contributed by atoms with van der Waals surface area (Å²) in [5.74, 6) is 0.826. The molecule has 0 aromatic rings. The van der Waals surface area contributed by atoms with Crippen molar-refractivity contribution in [3.8, 4) is 0 Å². The Morgan fingerprint density at radius 2 is 2.11 bits per heavy atom. The lowest BCUT2D eigenvalue weighted by molar-refractivity contribution is -0.123. The molecule has 0 saturated carbocycles. The minimum atomic E-state index is 0.154. The van der Waals surface area contributed by atoms with Crippen molar-refractivity contribution < 1.29 is 4.79 Å². The lowest BCUT2D eigenvalue weighted by Gasteiger charge is -2.35. The van der Waals surface area contributed by atoms with Gasteiger partial charge in [0.15, 0.2) is 0 Å². The van der Waals surface area contributed by atoms with E-state index in [1.807, 2.05) is 13.8 Å². The number of rotatable bonds is 6. The van der Waals surface area contributed by atoms with Crippen molar-refractivity contribution in [1.29, 1.82) is 0 Å². The second-order valence-corrected chi connectivity index (χ2v) is 5.71. The van der Waals surface area contributed by atoms with E-state index in [1.165, 1.54) is 12.8 Å². The van der Waals surface area contributed by atoms with E-state index in [0.29, 0.717) is 18.5 Å². The first kappa shape index (κ1) is 15.4. The van der Waals surface area contributed by atoms with Gasteiger partial charge in [-0.05, 0) is 52.6 Å². The van der Waals surface area contributed by atoms with Crippen LogP contribution in [0.15, 0.2) is 0 Å². The normalized spacial score (nSPS) is 23.1. The second-order valence-electron chi connectivity index (χ2n) is 5.71. The van der Waals surface area contributed by atoms with E-state index in [4.69, 9.17) is 0 Å². The van der Waals surface area contributed by atoms with Crippen LogP contribution in [-0.2, 0) is 4.79 Å². The fourth-order valence-electron chi connectivity index (χ4n) is 2.70. The van der Waals surface area contributed by atoms with E-state index in [-0.39, 0.29) is 11.9 Å². The predicted octanol–water partition coefficient (Wildman–Crippen LogP) is 1.22. The van der Waals surface area contributed by atoms with Gasteiger partial charge < -0.3 is 10.6 Å². The Kier molecular flexibility index (Phi) is 6.65. The molecular formula is C14H29N3O. The molecule has 0 aliphatic carbocycles. The molecule has 1 rings (SSSR count). The monoisotopic (exact) mass is 255 g/mol. The first-order valence-corrected chi connectivity index (χ1v) is 7.28. The van der Waals surface area contributed by atoms with Gasteiger partial charge in [0.2, 0.25) is 5.91 Å². The number of nitrogens with zero attached hydrogens (tertiary/aromatic N) is 1. The van der Waals surface area contributed by atoms with Crippen LogP contribution in [-0.4, -0.2) is 49.1 Å². The fraction of sp³-hybridized carbons (Fsp3) is 0.929. The Labute approximate surface area is 111 Å². The maximum atomic E-state index is 11.8. The number of nitrogens with one attached hydrogen (secondary N) is 2. The van der Waals surface area contributed by atoms with Crippen LogP contribution in [0.5, 0.6) is 0 Å². The zero-order chi connectivity index (χ0) is 13.5. The second kappa shape index (κ2) is 7.74. The molecule has 0 aromatic carbocycles. The largest absolute Gasteiger partial charge is 0.353 e. The van der Waals surface area contributed by atoms with Gasteiger partial charge in [-0.25, -0.2) is 0 Å². The van der Waals surface area contributed by atoms with Crippen LogP contribution < -0.4 is 10.6 Å². The minimum Gasteiger partial charge on any atom is -0.353 e. The molecular weight excluding hydrogens is 226 g/mol. The molecule has 1 amide bonds. The third-order valence-corrected chi connectivity index (χ3v) is 3.59. The summed E-state index contributed by atoms with van der Waals surface area (Å²) < 4.78 is 0. The highest BCUT2D eigenvalue weighted by Crippen LogP contribution is 2.19. The van der Waals surface area contributed by atoms with Crippen LogP contribution in [0.4, 0.5) is 0 Å². The Bertz CT molecular complexity index is 255. The molecule has 1 heterocycles. The van der Waals surface area contributed by atoms with Gasteiger partial charge in [0.05, 0.1) is 6.54 Å². The maximum absolute atomic E-state index is 11.8. The summed E-state index contributed by atoms with van der Waals surface area (Å²) in [6.07, 6.45) is 2.48. The standard InChI is InChI=1S/C14H29N3O/c1-5-15-12(4)13-7-6-8-17(9-13)10-14(18)16-11(2)3/h11-13,15H,5-10H2,1-4H3,(H,16,18). The molecule has 2 atom stereocenters. The van der Waals surface area contributed by atoms with Gasteiger partial charge in [-0.1, -0.05) is 6.92 Å². The van der Waals surface area contributed by atoms with Gasteiger partial charge in [-0.2, -0.15) is 0 Å². The molecule has 1 aliphatic heterocycles. The number of carbonyl (C=O) groups excluding carboxylic acids is 1. The van der Waals surface area contributed by atoms with Gasteiger partial charge in [0.25, 0.3) is 0 Å². The van der Waals surface area contributed by atoms with Gasteiger partial charge in [-0.3, -0.25) is 9.69 Å². The summed E-state index contributed by atoms with van der Waals surface area (Å²) in [5, 5.41) is 6.46. The number of likely N-dealkylation sites (tertiary alicyclic amines) is 1. The van der Waals surface area contributed by atoms with Gasteiger partial charge in [0, 0.05) is 18.6 Å². The third kappa shape index (κ3) is 5.36. The predicted molar refractivity (Wildman–Crippen MR) is 75.6 cm³/mol. The molecule has 1 fully saturated rings. The number of hydrogen-bond acceptors (Lipinski definition) is 3. The number of piperidine rings is 1. The summed E-state index contributed by atoms with van der Waals surface area (Å²) >= 11 is 0. The molecule has 18 heavy (non-hydrogen) atoms. The van der Waals surface area contributed by atoms with E-state index in [1.54, 1.807) is 0 Å². The van der Waals surface area contributed by atoms with Crippen LogP contribution in [0.3, 0.4) is 0 Å². The van der Waals surface area contributed by atoms with Crippen molar-refractivity contribution in [3.63, 3.8) is 0 Å². The van der Waals surface area contributed by atoms with Gasteiger partial charge in [-0.15, -0.1) is 0 Å². The molecule has 1 aliphatic rings. The Hall–Kier alpha value is -0.610. The van der Waals surface area contributed by atoms with Crippen LogP contribution in [0.1, 0.15) is 40.5 Å². The Balaban J connectivity index is 2.36. The van der Waals surface area contributed by atoms with Crippen molar-refractivity contribution in [2.75, 3.05) is 26.2 Å². The average molecular weight is 255 g/mol. The highest BCUT2D eigenvalue weighted by Gasteiger charge is 2.25. The smallest absolute Gasteiger partial charge is 0.234 e. The van der Waals surface area contributed by atoms with Crippen LogP contribution in [0.25, 0.3) is 0 Å². The third-order valence-electron chi connectivity index (χ3n) is 3.59. The molecule has 2 unspecified atom stereocenters. The lowest BCUT2D eigenvalue weighted by Crippen LogP contribution is -2.48. The lowest BCUT2D eigenvalue weighted by atomic mass is 9.91. The highest BCUT2D eigenvalue weighted by atomic mass is 16.2. The summed E-state index contributed by atoms with van der Waals surface area (Å²) in [7, 11) is 0. The minimum absolute atomic E-state index is 0.154. The van der Waals surface area contributed by atoms with Crippen molar-refractivity contribution >= 4 is 5.91 Å². The summed E-state index contributed by atoms with van der Waals surface area (Å²) in [5.41, 5.74) is 0. The van der Waals surface area contributed by atoms with Crippen molar-refractivity contribution in [3.05, 3.63) is 0 Å². The molecule has 4 heteroatoms. The van der Waals surface area contributed by atoms with Crippen molar-refractivity contribution in [2.24, 2.45) is 5.92 Å². The fourth-order valence-corrected chi connectivity index (χ4v) is 2.70. The Morgan fingerprint density at radius 3 is 2.72 bits per heavy atom. The van der Waals surface area contributed by atoms with E-state index < -0.39 is 0 Å². The van der Waals surface area contributed by atoms with E-state index >= 15 is 0 Å². The molecule has 0 radical (unpaired) electrons. The van der Waals surface area contributed by atoms with Gasteiger partial charge in [0.1, 0.15) is 0 Å². The zero-order valence-corrected chi connectivity index (χ0v) is 12.3. The Morgan fingerprint density at radius 1 is 1.39 bits per heavy atom. The van der Waals surface area contributed by atoms with Crippen LogP contribution in [0.2, 0.25) is 0 Å². The number of carbonyl (C=O) groups is 1. The molecule has 0 bridgehead atoms. The quantitative estimate of drug-likeness (QED) is 0.750.